The highest BCUT2D eigenvalue weighted by Gasteiger charge is 2.29. The van der Waals surface area contributed by atoms with Crippen molar-refractivity contribution in [2.75, 3.05) is 12.9 Å². The smallest absolute Gasteiger partial charge is 0.306 e. The van der Waals surface area contributed by atoms with Crippen molar-refractivity contribution in [3.05, 3.63) is 120 Å². The molecule has 49 heavy (non-hydrogen) atoms. The Labute approximate surface area is 286 Å². The molecule has 0 bridgehead atoms. The number of aryl methyl sites for hydroxylation is 2. The summed E-state index contributed by atoms with van der Waals surface area (Å²) < 4.78 is 69.7. The van der Waals surface area contributed by atoms with Gasteiger partial charge in [-0.1, -0.05) is 54.6 Å². The monoisotopic (exact) mass is 700 g/mol. The van der Waals surface area contributed by atoms with E-state index in [-0.39, 0.29) is 38.2 Å². The molecule has 6 aromatic rings. The lowest BCUT2D eigenvalue weighted by atomic mass is 10.1. The molecule has 2 aromatic heterocycles. The Morgan fingerprint density at radius 3 is 2.55 bits per heavy atom. The van der Waals surface area contributed by atoms with Crippen LogP contribution in [0.1, 0.15) is 30.0 Å². The van der Waals surface area contributed by atoms with Crippen molar-refractivity contribution >= 4 is 38.1 Å². The minimum absolute atomic E-state index is 0.0334. The fourth-order valence-electron chi connectivity index (χ4n) is 5.59. The maximum Gasteiger partial charge on any atom is 0.306 e. The first-order valence-electron chi connectivity index (χ1n) is 15.4. The molecule has 0 spiro atoms. The molecule has 0 aliphatic carbocycles. The van der Waals surface area contributed by atoms with Gasteiger partial charge >= 0.3 is 5.97 Å². The van der Waals surface area contributed by atoms with Gasteiger partial charge < -0.3 is 14.0 Å². The van der Waals surface area contributed by atoms with E-state index in [9.17, 15) is 17.8 Å². The van der Waals surface area contributed by atoms with Crippen LogP contribution in [-0.4, -0.2) is 50.5 Å². The molecule has 0 aliphatic rings. The molecule has 0 saturated heterocycles. The molecule has 0 aliphatic heterocycles. The Hall–Kier alpha value is -4.98. The minimum Gasteiger partial charge on any atom is -0.612 e. The second kappa shape index (κ2) is 14.2. The van der Waals surface area contributed by atoms with E-state index in [2.05, 4.69) is 10.1 Å². The molecule has 4 aromatic carbocycles. The van der Waals surface area contributed by atoms with Crippen molar-refractivity contribution in [2.24, 2.45) is 0 Å². The maximum atomic E-state index is 15.8. The fraction of sp³-hybridized carbons (Fsp3) is 0.194. The second-order valence-electron chi connectivity index (χ2n) is 11.3. The number of esters is 1. The molecule has 1 atom stereocenters. The molecule has 2 heterocycles. The van der Waals surface area contributed by atoms with Crippen LogP contribution in [0, 0.1) is 12.7 Å². The van der Waals surface area contributed by atoms with Gasteiger partial charge in [0.2, 0.25) is 10.6 Å². The number of hydrogen-bond acceptors (Lipinski definition) is 8. The van der Waals surface area contributed by atoms with E-state index in [1.54, 1.807) is 67.3 Å². The Morgan fingerprint density at radius 1 is 1.00 bits per heavy atom. The maximum absolute atomic E-state index is 15.8. The number of fused-ring (bicyclic) bond motifs is 1. The molecule has 10 nitrogen and oxygen atoms in total. The van der Waals surface area contributed by atoms with Crippen LogP contribution in [-0.2, 0) is 43.7 Å². The highest BCUT2D eigenvalue weighted by Crippen LogP contribution is 2.39. The average Bonchev–Trinajstić information content (AvgIpc) is 3.72. The van der Waals surface area contributed by atoms with Crippen molar-refractivity contribution in [1.29, 1.82) is 0 Å². The van der Waals surface area contributed by atoms with Gasteiger partial charge in [-0.2, -0.15) is 5.10 Å². The molecule has 13 heteroatoms. The molecule has 0 radical (unpaired) electrons. The van der Waals surface area contributed by atoms with Crippen LogP contribution >= 0.6 is 0 Å². The second-order valence-corrected chi connectivity index (χ2v) is 14.4. The highest BCUT2D eigenvalue weighted by atomic mass is 32.2. The van der Waals surface area contributed by atoms with Crippen LogP contribution in [0.3, 0.4) is 0 Å². The molecule has 0 fully saturated rings. The van der Waals surface area contributed by atoms with Gasteiger partial charge in [0.25, 0.3) is 10.0 Å². The molecule has 0 N–H and O–H groups in total. The lowest BCUT2D eigenvalue weighted by Gasteiger charge is -2.15. The first kappa shape index (κ1) is 33.9. The molecule has 252 valence electrons. The number of benzene rings is 4. The number of rotatable bonds is 12. The number of aromatic nitrogens is 4. The zero-order valence-corrected chi connectivity index (χ0v) is 28.6. The van der Waals surface area contributed by atoms with Gasteiger partial charge in [-0.05, 0) is 72.4 Å². The Morgan fingerprint density at radius 2 is 1.78 bits per heavy atom. The fourth-order valence-corrected chi connectivity index (χ4v) is 8.04. The molecular weight excluding hydrogens is 668 g/mol. The SMILES string of the molecule is CCOC(=O)CCc1cccc(Cn2cnc(-c3cccc(Oc4c(F)cc5c(ccn5S(=O)(=O)c5ccccc5C)c4[S+](C)[O-])c3)n2)c1. The van der Waals surface area contributed by atoms with Gasteiger partial charge in [-0.25, -0.2) is 26.4 Å². The summed E-state index contributed by atoms with van der Waals surface area (Å²) in [5, 5.41) is 4.89. The van der Waals surface area contributed by atoms with Crippen LogP contribution in [0.2, 0.25) is 0 Å². The third kappa shape index (κ3) is 7.24. The molecule has 0 saturated carbocycles. The van der Waals surface area contributed by atoms with Crippen LogP contribution in [0.15, 0.2) is 107 Å². The van der Waals surface area contributed by atoms with Crippen molar-refractivity contribution in [1.82, 2.24) is 18.7 Å². The van der Waals surface area contributed by atoms with Gasteiger partial charge in [-0.3, -0.25) is 4.79 Å². The van der Waals surface area contributed by atoms with Gasteiger partial charge in [0, 0.05) is 24.2 Å². The van der Waals surface area contributed by atoms with E-state index >= 15 is 4.39 Å². The van der Waals surface area contributed by atoms with Crippen molar-refractivity contribution in [3.63, 3.8) is 0 Å². The lowest BCUT2D eigenvalue weighted by Crippen LogP contribution is -2.13. The first-order chi connectivity index (χ1) is 23.5. The Kier molecular flexibility index (Phi) is 9.86. The zero-order valence-electron chi connectivity index (χ0n) is 27.0. The summed E-state index contributed by atoms with van der Waals surface area (Å²) in [6.45, 7) is 4.27. The highest BCUT2D eigenvalue weighted by molar-refractivity contribution is 7.91. The summed E-state index contributed by atoms with van der Waals surface area (Å²) in [6, 6.07) is 23.8. The quantitative estimate of drug-likeness (QED) is 0.102. The summed E-state index contributed by atoms with van der Waals surface area (Å²) >= 11 is -1.75. The lowest BCUT2D eigenvalue weighted by molar-refractivity contribution is -0.143. The van der Waals surface area contributed by atoms with E-state index in [4.69, 9.17) is 9.47 Å². The van der Waals surface area contributed by atoms with Gasteiger partial charge in [0.15, 0.2) is 11.6 Å². The zero-order chi connectivity index (χ0) is 34.7. The number of halogens is 1. The average molecular weight is 701 g/mol. The van der Waals surface area contributed by atoms with Gasteiger partial charge in [-0.15, -0.1) is 0 Å². The summed E-state index contributed by atoms with van der Waals surface area (Å²) in [5.41, 5.74) is 3.20. The van der Waals surface area contributed by atoms with E-state index in [1.165, 1.54) is 24.6 Å². The number of nitrogens with zero attached hydrogens (tertiary/aromatic N) is 4. The van der Waals surface area contributed by atoms with Gasteiger partial charge in [0.05, 0.1) is 29.0 Å². The van der Waals surface area contributed by atoms with Crippen LogP contribution < -0.4 is 4.74 Å². The third-order valence-corrected chi connectivity index (χ3v) is 10.7. The standard InChI is InChI=1S/C36H33FN4O6S2/c1-4-46-33(42)16-15-25-10-7-11-26(19-25)22-40-23-38-36(39-40)27-12-8-13-28(20-27)47-34-30(37)21-31-29(35(34)48(3)43)17-18-41(31)49(44,45)32-14-6-5-9-24(32)2/h5-14,17-21,23H,4,15-16,22H2,1-3H3. The predicted molar refractivity (Wildman–Crippen MR) is 184 cm³/mol. The molecular formula is C36H33FN4O6S2. The minimum atomic E-state index is -4.07. The van der Waals surface area contributed by atoms with Crippen molar-refractivity contribution < 1.29 is 31.6 Å². The van der Waals surface area contributed by atoms with Crippen molar-refractivity contribution in [2.45, 2.75) is 43.0 Å². The Balaban J connectivity index is 1.25. The summed E-state index contributed by atoms with van der Waals surface area (Å²) in [4.78, 5) is 16.3. The topological polar surface area (TPSA) is 128 Å². The van der Waals surface area contributed by atoms with Crippen LogP contribution in [0.4, 0.5) is 4.39 Å². The number of carbonyl (C=O) groups excluding carboxylic acids is 1. The van der Waals surface area contributed by atoms with E-state index < -0.39 is 27.0 Å². The van der Waals surface area contributed by atoms with E-state index in [1.807, 2.05) is 24.3 Å². The predicted octanol–water partition coefficient (Wildman–Crippen LogP) is 6.66. The number of ether oxygens (including phenoxy) is 2. The number of hydrogen-bond donors (Lipinski definition) is 0. The first-order valence-corrected chi connectivity index (χ1v) is 18.4. The summed E-state index contributed by atoms with van der Waals surface area (Å²) in [5.74, 6) is -0.698. The van der Waals surface area contributed by atoms with E-state index in [0.29, 0.717) is 42.9 Å². The summed E-state index contributed by atoms with van der Waals surface area (Å²) in [6.07, 6.45) is 5.20. The van der Waals surface area contributed by atoms with Crippen LogP contribution in [0.5, 0.6) is 11.5 Å². The third-order valence-electron chi connectivity index (χ3n) is 7.85. The molecule has 0 amide bonds. The molecule has 6 rings (SSSR count). The van der Waals surface area contributed by atoms with E-state index in [0.717, 1.165) is 21.2 Å². The largest absolute Gasteiger partial charge is 0.612 e. The Bertz CT molecular complexity index is 2270. The molecule has 1 unspecified atom stereocenters. The van der Waals surface area contributed by atoms with Crippen molar-refractivity contribution in [3.8, 4) is 22.9 Å². The summed E-state index contributed by atoms with van der Waals surface area (Å²) in [7, 11) is -4.07. The van der Waals surface area contributed by atoms with Crippen LogP contribution in [0.25, 0.3) is 22.3 Å². The normalized spacial score (nSPS) is 12.3. The van der Waals surface area contributed by atoms with Gasteiger partial charge in [0.1, 0.15) is 18.3 Å². The number of carbonyl (C=O) groups is 1.